The summed E-state index contributed by atoms with van der Waals surface area (Å²) >= 11 is 0. The molecule has 160 valence electrons. The van der Waals surface area contributed by atoms with Crippen molar-refractivity contribution in [3.63, 3.8) is 0 Å². The van der Waals surface area contributed by atoms with Crippen molar-refractivity contribution >= 4 is 29.8 Å². The Balaban J connectivity index is 1.41. The van der Waals surface area contributed by atoms with E-state index in [1.165, 1.54) is 19.0 Å². The molecule has 2 heterocycles. The molecule has 1 saturated heterocycles. The van der Waals surface area contributed by atoms with E-state index in [-0.39, 0.29) is 11.9 Å². The Labute approximate surface area is 176 Å². The predicted molar refractivity (Wildman–Crippen MR) is 113 cm³/mol. The molecule has 1 saturated carbocycles. The van der Waals surface area contributed by atoms with E-state index in [1.54, 1.807) is 4.90 Å². The third kappa shape index (κ3) is 4.23. The minimum Gasteiger partial charge on any atom is -0.478 e. The van der Waals surface area contributed by atoms with Crippen LogP contribution in [0.25, 0.3) is 0 Å². The van der Waals surface area contributed by atoms with Gasteiger partial charge in [-0.25, -0.2) is 4.99 Å². The van der Waals surface area contributed by atoms with Gasteiger partial charge in [-0.3, -0.25) is 14.6 Å². The zero-order valence-corrected chi connectivity index (χ0v) is 17.2. The Morgan fingerprint density at radius 3 is 2.67 bits per heavy atom. The number of anilines is 1. The Hall–Kier alpha value is -2.74. The lowest BCUT2D eigenvalue weighted by Gasteiger charge is -2.29. The predicted octanol–water partition coefficient (Wildman–Crippen LogP) is 2.23. The fourth-order valence-corrected chi connectivity index (χ4v) is 4.58. The third-order valence-corrected chi connectivity index (χ3v) is 6.33. The highest BCUT2D eigenvalue weighted by molar-refractivity contribution is 6.11. The van der Waals surface area contributed by atoms with Gasteiger partial charge in [0.1, 0.15) is 25.0 Å². The molecule has 2 aliphatic heterocycles. The zero-order valence-electron chi connectivity index (χ0n) is 17.2. The van der Waals surface area contributed by atoms with Crippen molar-refractivity contribution in [1.29, 1.82) is 0 Å². The van der Waals surface area contributed by atoms with Gasteiger partial charge in [-0.1, -0.05) is 12.1 Å². The second-order valence-electron chi connectivity index (χ2n) is 8.13. The maximum Gasteiger partial charge on any atom is 0.305 e. The summed E-state index contributed by atoms with van der Waals surface area (Å²) in [4.78, 5) is 34.4. The van der Waals surface area contributed by atoms with Gasteiger partial charge in [0.15, 0.2) is 0 Å². The molecule has 0 aromatic heterocycles. The maximum atomic E-state index is 13.1. The molecular weight excluding hydrogens is 384 g/mol. The molecule has 2 unspecified atom stereocenters. The summed E-state index contributed by atoms with van der Waals surface area (Å²) < 4.78 is 10.4. The van der Waals surface area contributed by atoms with Gasteiger partial charge < -0.3 is 20.1 Å². The van der Waals surface area contributed by atoms with Gasteiger partial charge in [-0.05, 0) is 55.2 Å². The van der Waals surface area contributed by atoms with Crippen molar-refractivity contribution in [2.24, 2.45) is 27.6 Å². The van der Waals surface area contributed by atoms with Crippen LogP contribution >= 0.6 is 0 Å². The second kappa shape index (κ2) is 8.95. The number of nitrogens with two attached hydrogens (primary N) is 1. The van der Waals surface area contributed by atoms with E-state index in [9.17, 15) is 9.59 Å². The van der Waals surface area contributed by atoms with Crippen LogP contribution in [0.5, 0.6) is 0 Å². The first-order valence-electron chi connectivity index (χ1n) is 10.5. The number of esters is 1. The van der Waals surface area contributed by atoms with Crippen LogP contribution in [0.3, 0.4) is 0 Å². The van der Waals surface area contributed by atoms with Crippen LogP contribution < -0.4 is 10.6 Å². The van der Waals surface area contributed by atoms with Crippen molar-refractivity contribution < 1.29 is 19.1 Å². The SMILES string of the molecule is COC(=O)CC1CCC(c2ccc(N3CCOC4=NC=NC(N)C4C3=O)cc2)CC1. The number of nitrogens with zero attached hydrogens (tertiary/aromatic N) is 3. The van der Waals surface area contributed by atoms with Gasteiger partial charge in [-0.15, -0.1) is 0 Å². The molecule has 1 aliphatic carbocycles. The molecule has 4 rings (SSSR count). The van der Waals surface area contributed by atoms with E-state index in [0.717, 1.165) is 31.4 Å². The molecule has 30 heavy (non-hydrogen) atoms. The largest absolute Gasteiger partial charge is 0.478 e. The number of aliphatic imine (C=N–C) groups is 2. The summed E-state index contributed by atoms with van der Waals surface area (Å²) in [5.41, 5.74) is 8.13. The lowest BCUT2D eigenvalue weighted by molar-refractivity contribution is -0.142. The average Bonchev–Trinajstić information content (AvgIpc) is 2.94. The van der Waals surface area contributed by atoms with Crippen molar-refractivity contribution in [2.75, 3.05) is 25.2 Å². The normalized spacial score (nSPS) is 28.8. The van der Waals surface area contributed by atoms with Gasteiger partial charge in [0.25, 0.3) is 0 Å². The van der Waals surface area contributed by atoms with Crippen molar-refractivity contribution in [3.8, 4) is 0 Å². The van der Waals surface area contributed by atoms with Crippen LogP contribution in [-0.2, 0) is 19.1 Å². The minimum atomic E-state index is -0.678. The van der Waals surface area contributed by atoms with Gasteiger partial charge in [0.05, 0.1) is 13.7 Å². The first kappa shape index (κ1) is 20.5. The lowest BCUT2D eigenvalue weighted by atomic mass is 9.77. The van der Waals surface area contributed by atoms with E-state index >= 15 is 0 Å². The Bertz CT molecular complexity index is 843. The number of hydrogen-bond donors (Lipinski definition) is 1. The van der Waals surface area contributed by atoms with Gasteiger partial charge in [-0.2, -0.15) is 0 Å². The van der Waals surface area contributed by atoms with Crippen LogP contribution in [0, 0.1) is 11.8 Å². The van der Waals surface area contributed by atoms with Crippen LogP contribution in [0.15, 0.2) is 34.3 Å². The molecule has 0 radical (unpaired) electrons. The molecule has 2 N–H and O–H groups in total. The summed E-state index contributed by atoms with van der Waals surface area (Å²) in [6, 6.07) is 8.20. The maximum absolute atomic E-state index is 13.1. The Kier molecular flexibility index (Phi) is 6.13. The van der Waals surface area contributed by atoms with Gasteiger partial charge >= 0.3 is 5.97 Å². The molecule has 0 spiro atoms. The third-order valence-electron chi connectivity index (χ3n) is 6.33. The highest BCUT2D eigenvalue weighted by atomic mass is 16.5. The standard InChI is InChI=1S/C22H28N4O4/c1-29-18(27)12-14-2-4-15(5-3-14)16-6-8-17(9-7-16)26-10-11-30-21-19(22(26)28)20(23)24-13-25-21/h6-9,13-15,19-20H,2-5,10-12,23H2,1H3. The molecule has 8 nitrogen and oxygen atoms in total. The number of fused-ring (bicyclic) bond motifs is 1. The molecule has 1 amide bonds. The Morgan fingerprint density at radius 2 is 1.97 bits per heavy atom. The molecule has 2 atom stereocenters. The highest BCUT2D eigenvalue weighted by Crippen LogP contribution is 2.37. The smallest absolute Gasteiger partial charge is 0.305 e. The van der Waals surface area contributed by atoms with Gasteiger partial charge in [0, 0.05) is 12.1 Å². The first-order chi connectivity index (χ1) is 14.6. The van der Waals surface area contributed by atoms with Crippen LogP contribution in [0.2, 0.25) is 0 Å². The molecule has 3 aliphatic rings. The van der Waals surface area contributed by atoms with E-state index < -0.39 is 12.1 Å². The topological polar surface area (TPSA) is 107 Å². The van der Waals surface area contributed by atoms with Gasteiger partial charge in [0.2, 0.25) is 11.8 Å². The van der Waals surface area contributed by atoms with Crippen LogP contribution in [-0.4, -0.2) is 50.5 Å². The summed E-state index contributed by atoms with van der Waals surface area (Å²) in [6.45, 7) is 0.812. The molecule has 2 fully saturated rings. The number of hydrogen-bond acceptors (Lipinski definition) is 7. The molecular formula is C22H28N4O4. The van der Waals surface area contributed by atoms with E-state index in [0.29, 0.717) is 37.3 Å². The van der Waals surface area contributed by atoms with E-state index in [2.05, 4.69) is 22.1 Å². The molecule has 0 bridgehead atoms. The highest BCUT2D eigenvalue weighted by Gasteiger charge is 2.39. The number of carbonyl (C=O) groups is 2. The summed E-state index contributed by atoms with van der Waals surface area (Å²) in [7, 11) is 1.44. The number of methoxy groups -OCH3 is 1. The zero-order chi connectivity index (χ0) is 21.1. The number of ether oxygens (including phenoxy) is 2. The molecule has 1 aromatic rings. The van der Waals surface area contributed by atoms with E-state index in [4.69, 9.17) is 15.2 Å². The van der Waals surface area contributed by atoms with Crippen LogP contribution in [0.1, 0.15) is 43.6 Å². The molecule has 1 aromatic carbocycles. The average molecular weight is 412 g/mol. The Morgan fingerprint density at radius 1 is 1.23 bits per heavy atom. The van der Waals surface area contributed by atoms with E-state index in [1.807, 2.05) is 12.1 Å². The summed E-state index contributed by atoms with van der Waals surface area (Å²) in [6.07, 6.45) is 5.38. The number of carbonyl (C=O) groups excluding carboxylic acids is 2. The fourth-order valence-electron chi connectivity index (χ4n) is 4.58. The number of amides is 1. The quantitative estimate of drug-likeness (QED) is 0.763. The fraction of sp³-hybridized carbons (Fsp3) is 0.545. The number of rotatable bonds is 4. The van der Waals surface area contributed by atoms with Crippen molar-refractivity contribution in [2.45, 2.75) is 44.2 Å². The summed E-state index contributed by atoms with van der Waals surface area (Å²) in [5.74, 6) is 0.321. The number of benzene rings is 1. The molecule has 8 heteroatoms. The monoisotopic (exact) mass is 412 g/mol. The van der Waals surface area contributed by atoms with Crippen molar-refractivity contribution in [1.82, 2.24) is 0 Å². The second-order valence-corrected chi connectivity index (χ2v) is 8.13. The van der Waals surface area contributed by atoms with Crippen LogP contribution in [0.4, 0.5) is 5.69 Å². The minimum absolute atomic E-state index is 0.120. The first-order valence-corrected chi connectivity index (χ1v) is 10.5. The summed E-state index contributed by atoms with van der Waals surface area (Å²) in [5, 5.41) is 0. The van der Waals surface area contributed by atoms with Crippen molar-refractivity contribution in [3.05, 3.63) is 29.8 Å². The lowest BCUT2D eigenvalue weighted by Crippen LogP contribution is -2.47.